The number of halogens is 3. The number of nitrogens with zero attached hydrogens (tertiary/aromatic N) is 2. The van der Waals surface area contributed by atoms with Crippen LogP contribution >= 0.6 is 0 Å². The summed E-state index contributed by atoms with van der Waals surface area (Å²) in [5.41, 5.74) is 6.49. The Morgan fingerprint density at radius 1 is 1.32 bits per heavy atom. The van der Waals surface area contributed by atoms with E-state index in [1.54, 1.807) is 0 Å². The normalized spacial score (nSPS) is 30.5. The van der Waals surface area contributed by atoms with Gasteiger partial charge >= 0.3 is 6.36 Å². The summed E-state index contributed by atoms with van der Waals surface area (Å²) in [6.45, 7) is 0. The van der Waals surface area contributed by atoms with Gasteiger partial charge in [0, 0.05) is 17.5 Å². The molecule has 0 radical (unpaired) electrons. The lowest BCUT2D eigenvalue weighted by atomic mass is 9.82. The molecule has 19 heavy (non-hydrogen) atoms. The summed E-state index contributed by atoms with van der Waals surface area (Å²) < 4.78 is 45.2. The molecule has 8 heteroatoms. The van der Waals surface area contributed by atoms with Gasteiger partial charge in [-0.15, -0.1) is 23.4 Å². The van der Waals surface area contributed by atoms with Crippen molar-refractivity contribution in [3.05, 3.63) is 17.9 Å². The van der Waals surface area contributed by atoms with E-state index in [0.717, 1.165) is 5.57 Å². The van der Waals surface area contributed by atoms with Crippen LogP contribution in [0.2, 0.25) is 0 Å². The van der Waals surface area contributed by atoms with Gasteiger partial charge in [0.1, 0.15) is 0 Å². The fraction of sp³-hybridized carbons (Fsp3) is 0.636. The van der Waals surface area contributed by atoms with E-state index in [1.807, 2.05) is 6.08 Å². The number of alkyl halides is 3. The van der Waals surface area contributed by atoms with E-state index in [1.165, 1.54) is 0 Å². The van der Waals surface area contributed by atoms with E-state index in [0.29, 0.717) is 18.2 Å². The van der Waals surface area contributed by atoms with Crippen molar-refractivity contribution in [1.29, 1.82) is 0 Å². The predicted octanol–water partition coefficient (Wildman–Crippen LogP) is 1.97. The molecule has 1 aromatic heterocycles. The smallest absolute Gasteiger partial charge is 0.421 e. The van der Waals surface area contributed by atoms with E-state index in [2.05, 4.69) is 14.9 Å². The highest BCUT2D eigenvalue weighted by molar-refractivity contribution is 5.65. The maximum Gasteiger partial charge on any atom is 0.522 e. The Labute approximate surface area is 106 Å². The van der Waals surface area contributed by atoms with Gasteiger partial charge in [0.2, 0.25) is 11.8 Å². The lowest BCUT2D eigenvalue weighted by Gasteiger charge is -2.32. The molecule has 5 nitrogen and oxygen atoms in total. The van der Waals surface area contributed by atoms with Crippen LogP contribution in [0.5, 0.6) is 0 Å². The molecule has 0 bridgehead atoms. The highest BCUT2D eigenvalue weighted by atomic mass is 19.4. The van der Waals surface area contributed by atoms with E-state index in [9.17, 15) is 13.2 Å². The van der Waals surface area contributed by atoms with Crippen LogP contribution in [0.15, 0.2) is 10.5 Å². The van der Waals surface area contributed by atoms with Crippen LogP contribution in [0.25, 0.3) is 5.57 Å². The topological polar surface area (TPSA) is 74.2 Å². The molecule has 2 aliphatic rings. The van der Waals surface area contributed by atoms with Crippen molar-refractivity contribution in [3.8, 4) is 0 Å². The minimum absolute atomic E-state index is 0.0265. The van der Waals surface area contributed by atoms with Gasteiger partial charge in [0.05, 0.1) is 6.10 Å². The van der Waals surface area contributed by atoms with Gasteiger partial charge in [0.25, 0.3) is 0 Å². The average molecular weight is 275 g/mol. The first-order valence-corrected chi connectivity index (χ1v) is 5.95. The van der Waals surface area contributed by atoms with Gasteiger partial charge in [-0.2, -0.15) is 0 Å². The van der Waals surface area contributed by atoms with Crippen LogP contribution in [0.4, 0.5) is 13.2 Å². The van der Waals surface area contributed by atoms with Crippen LogP contribution < -0.4 is 5.73 Å². The molecule has 1 unspecified atom stereocenters. The van der Waals surface area contributed by atoms with Gasteiger partial charge in [0.15, 0.2) is 0 Å². The van der Waals surface area contributed by atoms with Gasteiger partial charge in [-0.05, 0) is 19.3 Å². The molecule has 1 heterocycles. The molecule has 1 fully saturated rings. The van der Waals surface area contributed by atoms with Gasteiger partial charge in [-0.3, -0.25) is 4.74 Å². The molecule has 0 aliphatic heterocycles. The van der Waals surface area contributed by atoms with Crippen LogP contribution in [0.3, 0.4) is 0 Å². The first kappa shape index (κ1) is 12.6. The van der Waals surface area contributed by atoms with Crippen LogP contribution in [-0.4, -0.2) is 28.7 Å². The molecule has 0 aromatic carbocycles. The SMILES string of the molecule is NC1C=C(c2nnc([C@H]3C[C@@H](OC(F)(F)F)C3)o2)C1. The summed E-state index contributed by atoms with van der Waals surface area (Å²) in [6, 6.07) is 0.0265. The van der Waals surface area contributed by atoms with Crippen LogP contribution in [0.1, 0.15) is 37.0 Å². The van der Waals surface area contributed by atoms with E-state index >= 15 is 0 Å². The third-order valence-electron chi connectivity index (χ3n) is 3.33. The summed E-state index contributed by atoms with van der Waals surface area (Å²) in [5.74, 6) is 0.637. The third kappa shape index (κ3) is 2.64. The lowest BCUT2D eigenvalue weighted by molar-refractivity contribution is -0.352. The molecular formula is C11H12F3N3O2. The van der Waals surface area contributed by atoms with Gasteiger partial charge in [-0.25, -0.2) is 0 Å². The Kier molecular flexibility index (Phi) is 2.86. The molecule has 2 N–H and O–H groups in total. The number of aromatic nitrogens is 2. The second-order valence-electron chi connectivity index (χ2n) is 4.86. The zero-order chi connectivity index (χ0) is 13.6. The summed E-state index contributed by atoms with van der Waals surface area (Å²) in [4.78, 5) is 0. The Balaban J connectivity index is 1.56. The van der Waals surface area contributed by atoms with Crippen molar-refractivity contribution in [2.24, 2.45) is 5.73 Å². The molecule has 104 valence electrons. The quantitative estimate of drug-likeness (QED) is 0.912. The van der Waals surface area contributed by atoms with Crippen molar-refractivity contribution < 1.29 is 22.3 Å². The Bertz CT molecular complexity index is 506. The van der Waals surface area contributed by atoms with Crippen LogP contribution in [-0.2, 0) is 4.74 Å². The predicted molar refractivity (Wildman–Crippen MR) is 57.8 cm³/mol. The average Bonchev–Trinajstić information content (AvgIpc) is 2.65. The molecule has 3 rings (SSSR count). The van der Waals surface area contributed by atoms with Crippen molar-refractivity contribution in [3.63, 3.8) is 0 Å². The van der Waals surface area contributed by atoms with E-state index in [-0.39, 0.29) is 24.8 Å². The molecule has 1 atom stereocenters. The van der Waals surface area contributed by atoms with E-state index < -0.39 is 12.5 Å². The number of nitrogens with two attached hydrogens (primary N) is 1. The first-order valence-electron chi connectivity index (χ1n) is 5.95. The maximum atomic E-state index is 12.0. The summed E-state index contributed by atoms with van der Waals surface area (Å²) in [7, 11) is 0. The van der Waals surface area contributed by atoms with Crippen molar-refractivity contribution in [1.82, 2.24) is 10.2 Å². The van der Waals surface area contributed by atoms with Crippen molar-refractivity contribution in [2.75, 3.05) is 0 Å². The van der Waals surface area contributed by atoms with E-state index in [4.69, 9.17) is 10.2 Å². The molecule has 0 amide bonds. The molecular weight excluding hydrogens is 263 g/mol. The Morgan fingerprint density at radius 3 is 2.58 bits per heavy atom. The van der Waals surface area contributed by atoms with Crippen molar-refractivity contribution >= 4 is 5.57 Å². The summed E-state index contributed by atoms with van der Waals surface area (Å²) in [5, 5.41) is 7.73. The minimum atomic E-state index is -4.58. The zero-order valence-electron chi connectivity index (χ0n) is 9.85. The first-order chi connectivity index (χ1) is 8.90. The maximum absolute atomic E-state index is 12.0. The molecule has 1 saturated carbocycles. The second kappa shape index (κ2) is 4.31. The number of hydrogen-bond donors (Lipinski definition) is 1. The summed E-state index contributed by atoms with van der Waals surface area (Å²) >= 11 is 0. The molecule has 2 aliphatic carbocycles. The largest absolute Gasteiger partial charge is 0.522 e. The number of hydrogen-bond acceptors (Lipinski definition) is 5. The van der Waals surface area contributed by atoms with Gasteiger partial charge < -0.3 is 10.2 Å². The minimum Gasteiger partial charge on any atom is -0.421 e. The van der Waals surface area contributed by atoms with Crippen molar-refractivity contribution in [2.45, 2.75) is 43.7 Å². The highest BCUT2D eigenvalue weighted by Gasteiger charge is 2.42. The summed E-state index contributed by atoms with van der Waals surface area (Å²) in [6.07, 6.45) is -2.38. The fourth-order valence-electron chi connectivity index (χ4n) is 2.22. The lowest BCUT2D eigenvalue weighted by Crippen LogP contribution is -2.34. The number of ether oxygens (including phenoxy) is 1. The Hall–Kier alpha value is -1.41. The van der Waals surface area contributed by atoms with Gasteiger partial charge in [-0.1, -0.05) is 6.08 Å². The fourth-order valence-corrected chi connectivity index (χ4v) is 2.22. The second-order valence-corrected chi connectivity index (χ2v) is 4.86. The monoisotopic (exact) mass is 275 g/mol. The molecule has 0 spiro atoms. The number of rotatable bonds is 3. The standard InChI is InChI=1S/C11H12F3N3O2/c12-11(13,14)19-8-3-6(4-8)10-17-16-9(18-10)5-1-7(15)2-5/h1,6-8H,2-4,15H2/t6-,7?,8+. The zero-order valence-corrected chi connectivity index (χ0v) is 9.85. The molecule has 1 aromatic rings. The Morgan fingerprint density at radius 2 is 2.00 bits per heavy atom. The molecule has 0 saturated heterocycles. The van der Waals surface area contributed by atoms with Crippen LogP contribution in [0, 0.1) is 0 Å². The third-order valence-corrected chi connectivity index (χ3v) is 3.33. The highest BCUT2D eigenvalue weighted by Crippen LogP contribution is 2.41.